The zero-order valence-electron chi connectivity index (χ0n) is 20.3. The third-order valence-corrected chi connectivity index (χ3v) is 6.87. The van der Waals surface area contributed by atoms with Crippen molar-refractivity contribution in [3.05, 3.63) is 89.0 Å². The summed E-state index contributed by atoms with van der Waals surface area (Å²) >= 11 is 0. The SMILES string of the molecule is Cc1cccc(NS(=O)(=O)c2cc(C(=O)NCCOc3ccccc3C(C)(C)C)ccc2C)c1. The molecule has 0 aromatic heterocycles. The maximum atomic E-state index is 13.0. The van der Waals surface area contributed by atoms with Gasteiger partial charge in [-0.1, -0.05) is 57.2 Å². The zero-order valence-corrected chi connectivity index (χ0v) is 21.1. The van der Waals surface area contributed by atoms with Crippen LogP contribution in [0.5, 0.6) is 5.75 Å². The lowest BCUT2D eigenvalue weighted by Crippen LogP contribution is -2.28. The lowest BCUT2D eigenvalue weighted by atomic mass is 9.86. The summed E-state index contributed by atoms with van der Waals surface area (Å²) in [5, 5.41) is 2.80. The first kappa shape index (κ1) is 25.3. The number of nitrogens with one attached hydrogen (secondary N) is 2. The minimum atomic E-state index is -3.85. The quantitative estimate of drug-likeness (QED) is 0.434. The van der Waals surface area contributed by atoms with Gasteiger partial charge in [0.1, 0.15) is 12.4 Å². The number of hydrogen-bond donors (Lipinski definition) is 2. The van der Waals surface area contributed by atoms with Gasteiger partial charge in [0.15, 0.2) is 0 Å². The van der Waals surface area contributed by atoms with Gasteiger partial charge in [-0.3, -0.25) is 9.52 Å². The van der Waals surface area contributed by atoms with Crippen molar-refractivity contribution >= 4 is 21.6 Å². The van der Waals surface area contributed by atoms with Crippen LogP contribution in [0.4, 0.5) is 5.69 Å². The molecular formula is C27H32N2O4S. The van der Waals surface area contributed by atoms with E-state index < -0.39 is 10.0 Å². The second-order valence-corrected chi connectivity index (χ2v) is 11.0. The Kier molecular flexibility index (Phi) is 7.67. The fourth-order valence-electron chi connectivity index (χ4n) is 3.59. The van der Waals surface area contributed by atoms with Crippen LogP contribution in [-0.4, -0.2) is 27.5 Å². The Morgan fingerprint density at radius 1 is 0.941 bits per heavy atom. The summed E-state index contributed by atoms with van der Waals surface area (Å²) in [5.41, 5.74) is 3.27. The molecule has 34 heavy (non-hydrogen) atoms. The fourth-order valence-corrected chi connectivity index (χ4v) is 4.91. The first-order valence-corrected chi connectivity index (χ1v) is 12.7. The third-order valence-electron chi connectivity index (χ3n) is 5.35. The summed E-state index contributed by atoms with van der Waals surface area (Å²) in [6.45, 7) is 10.5. The first-order chi connectivity index (χ1) is 16.0. The molecule has 0 atom stereocenters. The number of para-hydroxylation sites is 1. The molecule has 7 heteroatoms. The molecule has 0 aliphatic carbocycles. The highest BCUT2D eigenvalue weighted by atomic mass is 32.2. The van der Waals surface area contributed by atoms with Crippen LogP contribution < -0.4 is 14.8 Å². The highest BCUT2D eigenvalue weighted by molar-refractivity contribution is 7.92. The van der Waals surface area contributed by atoms with Crippen LogP contribution in [0.3, 0.4) is 0 Å². The zero-order chi connectivity index (χ0) is 24.9. The lowest BCUT2D eigenvalue weighted by molar-refractivity contribution is 0.0946. The van der Waals surface area contributed by atoms with E-state index in [-0.39, 0.29) is 28.3 Å². The van der Waals surface area contributed by atoms with Crippen molar-refractivity contribution in [1.29, 1.82) is 0 Å². The molecule has 180 valence electrons. The number of amides is 1. The maximum absolute atomic E-state index is 13.0. The van der Waals surface area contributed by atoms with Crippen molar-refractivity contribution in [2.75, 3.05) is 17.9 Å². The van der Waals surface area contributed by atoms with Crippen LogP contribution in [-0.2, 0) is 15.4 Å². The Bertz CT molecular complexity index is 1280. The van der Waals surface area contributed by atoms with Crippen molar-refractivity contribution in [1.82, 2.24) is 5.32 Å². The highest BCUT2D eigenvalue weighted by Gasteiger charge is 2.20. The summed E-state index contributed by atoms with van der Waals surface area (Å²) < 4.78 is 34.4. The predicted octanol–water partition coefficient (Wildman–Crippen LogP) is 5.21. The molecule has 2 N–H and O–H groups in total. The number of rotatable bonds is 8. The van der Waals surface area contributed by atoms with Crippen molar-refractivity contribution in [3.63, 3.8) is 0 Å². The summed E-state index contributed by atoms with van der Waals surface area (Å²) in [4.78, 5) is 12.8. The number of anilines is 1. The number of ether oxygens (including phenoxy) is 1. The van der Waals surface area contributed by atoms with E-state index in [9.17, 15) is 13.2 Å². The van der Waals surface area contributed by atoms with E-state index in [1.165, 1.54) is 6.07 Å². The van der Waals surface area contributed by atoms with Gasteiger partial charge < -0.3 is 10.1 Å². The molecule has 0 fully saturated rings. The number of carbonyl (C=O) groups is 1. The van der Waals surface area contributed by atoms with E-state index in [1.54, 1.807) is 37.3 Å². The highest BCUT2D eigenvalue weighted by Crippen LogP contribution is 2.30. The molecule has 0 aliphatic rings. The Labute approximate surface area is 202 Å². The van der Waals surface area contributed by atoms with Gasteiger partial charge in [0, 0.05) is 11.3 Å². The average Bonchev–Trinajstić information content (AvgIpc) is 2.76. The van der Waals surface area contributed by atoms with Crippen molar-refractivity contribution in [3.8, 4) is 5.75 Å². The van der Waals surface area contributed by atoms with Crippen molar-refractivity contribution in [2.24, 2.45) is 0 Å². The molecule has 3 aromatic carbocycles. The molecule has 0 radical (unpaired) electrons. The third kappa shape index (κ3) is 6.38. The van der Waals surface area contributed by atoms with E-state index in [2.05, 4.69) is 30.8 Å². The molecule has 0 saturated heterocycles. The molecule has 0 aliphatic heterocycles. The van der Waals surface area contributed by atoms with Gasteiger partial charge in [-0.05, 0) is 66.3 Å². The minimum Gasteiger partial charge on any atom is -0.491 e. The topological polar surface area (TPSA) is 84.5 Å². The molecule has 0 unspecified atom stereocenters. The van der Waals surface area contributed by atoms with E-state index in [1.807, 2.05) is 37.3 Å². The lowest BCUT2D eigenvalue weighted by Gasteiger charge is -2.22. The number of aryl methyl sites for hydroxylation is 2. The number of hydrogen-bond acceptors (Lipinski definition) is 4. The molecule has 6 nitrogen and oxygen atoms in total. The Hall–Kier alpha value is -3.32. The monoisotopic (exact) mass is 480 g/mol. The Morgan fingerprint density at radius 2 is 1.68 bits per heavy atom. The van der Waals surface area contributed by atoms with Crippen LogP contribution in [0.1, 0.15) is 47.8 Å². The Morgan fingerprint density at radius 3 is 2.38 bits per heavy atom. The van der Waals surface area contributed by atoms with Gasteiger partial charge in [-0.15, -0.1) is 0 Å². The van der Waals surface area contributed by atoms with Crippen molar-refractivity contribution in [2.45, 2.75) is 44.9 Å². The predicted molar refractivity (Wildman–Crippen MR) is 136 cm³/mol. The molecular weight excluding hydrogens is 448 g/mol. The maximum Gasteiger partial charge on any atom is 0.262 e. The Balaban J connectivity index is 1.66. The van der Waals surface area contributed by atoms with E-state index in [0.29, 0.717) is 17.9 Å². The average molecular weight is 481 g/mol. The second kappa shape index (κ2) is 10.3. The first-order valence-electron chi connectivity index (χ1n) is 11.2. The van der Waals surface area contributed by atoms with Gasteiger partial charge in [0.25, 0.3) is 15.9 Å². The molecule has 0 saturated carbocycles. The molecule has 0 spiro atoms. The van der Waals surface area contributed by atoms with E-state index in [4.69, 9.17) is 4.74 Å². The van der Waals surface area contributed by atoms with Crippen LogP contribution in [0, 0.1) is 13.8 Å². The standard InChI is InChI=1S/C27H32N2O4S/c1-19-9-8-10-22(17-19)29-34(31,32)25-18-21(14-13-20(25)2)26(30)28-15-16-33-24-12-7-6-11-23(24)27(3,4)5/h6-14,17-18,29H,15-16H2,1-5H3,(H,28,30). The van der Waals surface area contributed by atoms with E-state index in [0.717, 1.165) is 16.9 Å². The van der Waals surface area contributed by atoms with Crippen LogP contribution >= 0.6 is 0 Å². The molecule has 3 rings (SSSR count). The van der Waals surface area contributed by atoms with Crippen LogP contribution in [0.2, 0.25) is 0 Å². The van der Waals surface area contributed by atoms with Gasteiger partial charge in [-0.25, -0.2) is 8.42 Å². The number of sulfonamides is 1. The van der Waals surface area contributed by atoms with Gasteiger partial charge in [0.2, 0.25) is 0 Å². The molecule has 1 amide bonds. The molecule has 3 aromatic rings. The minimum absolute atomic E-state index is 0.0594. The van der Waals surface area contributed by atoms with Crippen LogP contribution in [0.15, 0.2) is 71.6 Å². The van der Waals surface area contributed by atoms with Gasteiger partial charge >= 0.3 is 0 Å². The van der Waals surface area contributed by atoms with Gasteiger partial charge in [0.05, 0.1) is 11.4 Å². The fraction of sp³-hybridized carbons (Fsp3) is 0.296. The molecule has 0 heterocycles. The molecule has 0 bridgehead atoms. The normalized spacial score (nSPS) is 11.7. The van der Waals surface area contributed by atoms with Crippen molar-refractivity contribution < 1.29 is 17.9 Å². The second-order valence-electron chi connectivity index (χ2n) is 9.31. The summed E-state index contributed by atoms with van der Waals surface area (Å²) in [6, 6.07) is 19.6. The van der Waals surface area contributed by atoms with Gasteiger partial charge in [-0.2, -0.15) is 0 Å². The van der Waals surface area contributed by atoms with E-state index >= 15 is 0 Å². The number of benzene rings is 3. The smallest absolute Gasteiger partial charge is 0.262 e. The van der Waals surface area contributed by atoms with Crippen LogP contribution in [0.25, 0.3) is 0 Å². The summed E-state index contributed by atoms with van der Waals surface area (Å²) in [6.07, 6.45) is 0. The summed E-state index contributed by atoms with van der Waals surface area (Å²) in [5.74, 6) is 0.426. The number of carbonyl (C=O) groups excluding carboxylic acids is 1. The largest absolute Gasteiger partial charge is 0.491 e. The summed E-state index contributed by atoms with van der Waals surface area (Å²) in [7, 11) is -3.85.